The van der Waals surface area contributed by atoms with Gasteiger partial charge >= 0.3 is 0 Å². The Hall–Kier alpha value is -1.51. The lowest BCUT2D eigenvalue weighted by molar-refractivity contribution is 0.0939. The van der Waals surface area contributed by atoms with Gasteiger partial charge in [0, 0.05) is 24.8 Å². The van der Waals surface area contributed by atoms with Crippen molar-refractivity contribution >= 4 is 11.6 Å². The molecule has 1 aromatic rings. The van der Waals surface area contributed by atoms with Gasteiger partial charge in [0.2, 0.25) is 0 Å². The van der Waals surface area contributed by atoms with E-state index in [0.717, 1.165) is 23.4 Å². The van der Waals surface area contributed by atoms with Crippen molar-refractivity contribution < 1.29 is 4.79 Å². The van der Waals surface area contributed by atoms with Gasteiger partial charge in [-0.15, -0.1) is 0 Å². The molecule has 1 aliphatic rings. The van der Waals surface area contributed by atoms with E-state index in [-0.39, 0.29) is 5.91 Å². The first kappa shape index (κ1) is 13.9. The van der Waals surface area contributed by atoms with Crippen molar-refractivity contribution in [3.63, 3.8) is 0 Å². The van der Waals surface area contributed by atoms with Crippen LogP contribution < -0.4 is 10.6 Å². The molecule has 0 unspecified atom stereocenters. The second-order valence-electron chi connectivity index (χ2n) is 5.98. The van der Waals surface area contributed by atoms with E-state index in [4.69, 9.17) is 0 Å². The predicted molar refractivity (Wildman–Crippen MR) is 79.6 cm³/mol. The first-order valence-electron chi connectivity index (χ1n) is 7.05. The second-order valence-corrected chi connectivity index (χ2v) is 5.98. The monoisotopic (exact) mass is 260 g/mol. The summed E-state index contributed by atoms with van der Waals surface area (Å²) >= 11 is 0. The van der Waals surface area contributed by atoms with Crippen molar-refractivity contribution in [1.82, 2.24) is 5.32 Å². The molecule has 104 valence electrons. The second kappa shape index (κ2) is 5.24. The van der Waals surface area contributed by atoms with Crippen molar-refractivity contribution in [2.45, 2.75) is 33.6 Å². The Labute approximate surface area is 115 Å². The molecule has 2 N–H and O–H groups in total. The summed E-state index contributed by atoms with van der Waals surface area (Å²) in [6, 6.07) is 5.78. The minimum absolute atomic E-state index is 0.0395. The van der Waals surface area contributed by atoms with Crippen molar-refractivity contribution in [1.29, 1.82) is 0 Å². The molecule has 0 spiro atoms. The number of hydrogen-bond donors (Lipinski definition) is 2. The molecule has 3 heteroatoms. The van der Waals surface area contributed by atoms with Crippen LogP contribution >= 0.6 is 0 Å². The maximum absolute atomic E-state index is 12.2. The highest BCUT2D eigenvalue weighted by Gasteiger charge is 2.45. The molecular weight excluding hydrogens is 236 g/mol. The van der Waals surface area contributed by atoms with E-state index in [9.17, 15) is 4.79 Å². The van der Waals surface area contributed by atoms with Crippen molar-refractivity contribution in [2.75, 3.05) is 18.9 Å². The van der Waals surface area contributed by atoms with E-state index < -0.39 is 0 Å². The number of nitrogens with one attached hydrogen (secondary N) is 2. The number of rotatable bonds is 5. The van der Waals surface area contributed by atoms with Crippen LogP contribution in [0, 0.1) is 18.3 Å². The molecule has 2 rings (SSSR count). The van der Waals surface area contributed by atoms with E-state index in [1.165, 1.54) is 12.8 Å². The quantitative estimate of drug-likeness (QED) is 0.853. The molecule has 0 heterocycles. The highest BCUT2D eigenvalue weighted by molar-refractivity contribution is 5.94. The van der Waals surface area contributed by atoms with Crippen LogP contribution in [-0.2, 0) is 0 Å². The predicted octanol–water partition coefficient (Wildman–Crippen LogP) is 3.20. The molecule has 1 amide bonds. The SMILES string of the molecule is CNc1ccc(C(=O)NCC2(C(C)C)CC2)cc1C. The third kappa shape index (κ3) is 2.91. The topological polar surface area (TPSA) is 41.1 Å². The van der Waals surface area contributed by atoms with E-state index in [2.05, 4.69) is 24.5 Å². The van der Waals surface area contributed by atoms with Crippen LogP contribution in [0.5, 0.6) is 0 Å². The largest absolute Gasteiger partial charge is 0.388 e. The van der Waals surface area contributed by atoms with Gasteiger partial charge < -0.3 is 10.6 Å². The highest BCUT2D eigenvalue weighted by atomic mass is 16.1. The smallest absolute Gasteiger partial charge is 0.251 e. The molecule has 1 fully saturated rings. The molecule has 0 aromatic heterocycles. The molecule has 1 aromatic carbocycles. The summed E-state index contributed by atoms with van der Waals surface area (Å²) in [5.41, 5.74) is 3.27. The lowest BCUT2D eigenvalue weighted by Crippen LogP contribution is -2.32. The van der Waals surface area contributed by atoms with Crippen LogP contribution in [0.1, 0.15) is 42.6 Å². The molecule has 1 saturated carbocycles. The number of carbonyl (C=O) groups is 1. The Morgan fingerprint density at radius 3 is 2.53 bits per heavy atom. The van der Waals surface area contributed by atoms with Crippen LogP contribution in [-0.4, -0.2) is 19.5 Å². The van der Waals surface area contributed by atoms with Gasteiger partial charge in [-0.3, -0.25) is 4.79 Å². The van der Waals surface area contributed by atoms with Crippen molar-refractivity contribution in [2.24, 2.45) is 11.3 Å². The molecule has 1 aliphatic carbocycles. The van der Waals surface area contributed by atoms with E-state index in [1.54, 1.807) is 0 Å². The molecular formula is C16H24N2O. The third-order valence-corrected chi connectivity index (χ3v) is 4.48. The van der Waals surface area contributed by atoms with Gasteiger partial charge in [-0.2, -0.15) is 0 Å². The third-order valence-electron chi connectivity index (χ3n) is 4.48. The van der Waals surface area contributed by atoms with Gasteiger partial charge in [-0.25, -0.2) is 0 Å². The zero-order chi connectivity index (χ0) is 14.0. The number of hydrogen-bond acceptors (Lipinski definition) is 2. The summed E-state index contributed by atoms with van der Waals surface area (Å²) in [5, 5.41) is 6.20. The van der Waals surface area contributed by atoms with Gasteiger partial charge in [0.15, 0.2) is 0 Å². The maximum Gasteiger partial charge on any atom is 0.251 e. The van der Waals surface area contributed by atoms with Gasteiger partial charge in [0.05, 0.1) is 0 Å². The minimum atomic E-state index is 0.0395. The van der Waals surface area contributed by atoms with Crippen LogP contribution in [0.15, 0.2) is 18.2 Å². The normalized spacial score (nSPS) is 16.3. The van der Waals surface area contributed by atoms with Crippen LogP contribution in [0.25, 0.3) is 0 Å². The van der Waals surface area contributed by atoms with Gasteiger partial charge in [-0.1, -0.05) is 13.8 Å². The number of anilines is 1. The fourth-order valence-electron chi connectivity index (χ4n) is 2.56. The summed E-state index contributed by atoms with van der Waals surface area (Å²) < 4.78 is 0. The summed E-state index contributed by atoms with van der Waals surface area (Å²) in [7, 11) is 1.89. The molecule has 0 radical (unpaired) electrons. The Kier molecular flexibility index (Phi) is 3.83. The molecule has 0 atom stereocenters. The molecule has 19 heavy (non-hydrogen) atoms. The summed E-state index contributed by atoms with van der Waals surface area (Å²) in [6.07, 6.45) is 2.48. The number of benzene rings is 1. The minimum Gasteiger partial charge on any atom is -0.388 e. The lowest BCUT2D eigenvalue weighted by atomic mass is 9.92. The maximum atomic E-state index is 12.2. The van der Waals surface area contributed by atoms with Gasteiger partial charge in [0.1, 0.15) is 0 Å². The average Bonchev–Trinajstić information content (AvgIpc) is 3.17. The van der Waals surface area contributed by atoms with Gasteiger partial charge in [0.25, 0.3) is 5.91 Å². The number of amides is 1. The van der Waals surface area contributed by atoms with E-state index in [1.807, 2.05) is 32.2 Å². The summed E-state index contributed by atoms with van der Waals surface area (Å²) in [6.45, 7) is 7.30. The first-order valence-corrected chi connectivity index (χ1v) is 7.05. The highest BCUT2D eigenvalue weighted by Crippen LogP contribution is 2.51. The Morgan fingerprint density at radius 2 is 2.05 bits per heavy atom. The lowest BCUT2D eigenvalue weighted by Gasteiger charge is -2.20. The Morgan fingerprint density at radius 1 is 1.37 bits per heavy atom. The molecule has 0 aliphatic heterocycles. The van der Waals surface area contributed by atoms with E-state index in [0.29, 0.717) is 11.3 Å². The van der Waals surface area contributed by atoms with Gasteiger partial charge in [-0.05, 0) is 54.9 Å². The molecule has 0 saturated heterocycles. The Bertz CT molecular complexity index is 476. The standard InChI is InChI=1S/C16H24N2O/c1-11(2)16(7-8-16)10-18-15(19)13-5-6-14(17-4)12(3)9-13/h5-6,9,11,17H,7-8,10H2,1-4H3,(H,18,19). The van der Waals surface area contributed by atoms with Crippen LogP contribution in [0.4, 0.5) is 5.69 Å². The average molecular weight is 260 g/mol. The van der Waals surface area contributed by atoms with Crippen molar-refractivity contribution in [3.05, 3.63) is 29.3 Å². The molecule has 0 bridgehead atoms. The molecule has 3 nitrogen and oxygen atoms in total. The Balaban J connectivity index is 1.99. The van der Waals surface area contributed by atoms with Crippen LogP contribution in [0.2, 0.25) is 0 Å². The summed E-state index contributed by atoms with van der Waals surface area (Å²) in [4.78, 5) is 12.2. The summed E-state index contributed by atoms with van der Waals surface area (Å²) in [5.74, 6) is 0.680. The number of aryl methyl sites for hydroxylation is 1. The first-order chi connectivity index (χ1) is 8.98. The van der Waals surface area contributed by atoms with Crippen LogP contribution in [0.3, 0.4) is 0 Å². The van der Waals surface area contributed by atoms with E-state index >= 15 is 0 Å². The fourth-order valence-corrected chi connectivity index (χ4v) is 2.56. The zero-order valence-electron chi connectivity index (χ0n) is 12.3. The fraction of sp³-hybridized carbons (Fsp3) is 0.562. The number of carbonyl (C=O) groups excluding carboxylic acids is 1. The zero-order valence-corrected chi connectivity index (χ0v) is 12.3. The van der Waals surface area contributed by atoms with Crippen molar-refractivity contribution in [3.8, 4) is 0 Å².